The van der Waals surface area contributed by atoms with E-state index in [-0.39, 0.29) is 11.9 Å². The van der Waals surface area contributed by atoms with Crippen molar-refractivity contribution in [2.75, 3.05) is 19.8 Å². The van der Waals surface area contributed by atoms with Crippen molar-refractivity contribution in [1.82, 2.24) is 9.88 Å². The quantitative estimate of drug-likeness (QED) is 0.906. The van der Waals surface area contributed by atoms with Crippen molar-refractivity contribution in [3.05, 3.63) is 47.2 Å². The predicted octanol–water partition coefficient (Wildman–Crippen LogP) is 2.19. The van der Waals surface area contributed by atoms with E-state index in [0.29, 0.717) is 37.6 Å². The molecule has 6 nitrogen and oxygen atoms in total. The van der Waals surface area contributed by atoms with Gasteiger partial charge in [0.25, 0.3) is 5.91 Å². The second kappa shape index (κ2) is 6.60. The van der Waals surface area contributed by atoms with E-state index >= 15 is 0 Å². The summed E-state index contributed by atoms with van der Waals surface area (Å²) in [6, 6.07) is 5.25. The molecular formula is C17H22N2O4. The molecule has 0 aliphatic carbocycles. The first-order valence-corrected chi connectivity index (χ1v) is 7.82. The number of aliphatic hydroxyl groups excluding tert-OH is 1. The van der Waals surface area contributed by atoms with Crippen LogP contribution < -0.4 is 0 Å². The fourth-order valence-electron chi connectivity index (χ4n) is 3.07. The van der Waals surface area contributed by atoms with Gasteiger partial charge >= 0.3 is 0 Å². The molecule has 0 bridgehead atoms. The van der Waals surface area contributed by atoms with Gasteiger partial charge in [-0.3, -0.25) is 4.79 Å². The molecule has 1 aliphatic heterocycles. The molecule has 1 amide bonds. The Kier molecular flexibility index (Phi) is 4.54. The molecule has 3 rings (SSSR count). The van der Waals surface area contributed by atoms with Crippen LogP contribution in [0.4, 0.5) is 0 Å². The van der Waals surface area contributed by atoms with E-state index in [4.69, 9.17) is 9.15 Å². The maximum atomic E-state index is 12.8. The molecular weight excluding hydrogens is 296 g/mol. The topological polar surface area (TPSA) is 78.7 Å². The van der Waals surface area contributed by atoms with Crippen LogP contribution in [0.3, 0.4) is 0 Å². The first-order valence-electron chi connectivity index (χ1n) is 7.82. The van der Waals surface area contributed by atoms with Gasteiger partial charge in [-0.2, -0.15) is 0 Å². The monoisotopic (exact) mass is 318 g/mol. The fraction of sp³-hybridized carbons (Fsp3) is 0.471. The highest BCUT2D eigenvalue weighted by Gasteiger charge is 2.31. The number of aryl methyl sites for hydroxylation is 2. The van der Waals surface area contributed by atoms with Crippen LogP contribution in [0.1, 0.15) is 40.0 Å². The van der Waals surface area contributed by atoms with Gasteiger partial charge in [0, 0.05) is 18.7 Å². The van der Waals surface area contributed by atoms with Gasteiger partial charge in [-0.25, -0.2) is 0 Å². The molecule has 1 saturated heterocycles. The Hall–Kier alpha value is -2.05. The number of hydrogen-bond acceptors (Lipinski definition) is 4. The standard InChI is InChI=1S/C17H22N2O4/c1-11-8-12(2)18-16(11)17(21)19-5-7-22-10-13(19)9-14(20)15-4-3-6-23-15/h3-4,6,8,13-14,18,20H,5,7,9-10H2,1-2H3. The Morgan fingerprint density at radius 3 is 3.00 bits per heavy atom. The molecule has 1 aliphatic rings. The lowest BCUT2D eigenvalue weighted by atomic mass is 10.0. The summed E-state index contributed by atoms with van der Waals surface area (Å²) in [5, 5.41) is 10.3. The average Bonchev–Trinajstić information content (AvgIpc) is 3.17. The molecule has 0 aromatic carbocycles. The highest BCUT2D eigenvalue weighted by atomic mass is 16.5. The van der Waals surface area contributed by atoms with Crippen molar-refractivity contribution >= 4 is 5.91 Å². The van der Waals surface area contributed by atoms with Crippen molar-refractivity contribution in [3.63, 3.8) is 0 Å². The molecule has 1 fully saturated rings. The van der Waals surface area contributed by atoms with Gasteiger partial charge < -0.3 is 24.1 Å². The Balaban J connectivity index is 1.76. The summed E-state index contributed by atoms with van der Waals surface area (Å²) >= 11 is 0. The second-order valence-electron chi connectivity index (χ2n) is 6.00. The highest BCUT2D eigenvalue weighted by molar-refractivity contribution is 5.94. The summed E-state index contributed by atoms with van der Waals surface area (Å²) in [6.07, 6.45) is 1.17. The molecule has 6 heteroatoms. The number of carbonyl (C=O) groups excluding carboxylic acids is 1. The minimum atomic E-state index is -0.751. The number of morpholine rings is 1. The number of nitrogens with zero attached hydrogens (tertiary/aromatic N) is 1. The van der Waals surface area contributed by atoms with Crippen molar-refractivity contribution in [2.24, 2.45) is 0 Å². The summed E-state index contributed by atoms with van der Waals surface area (Å²) in [6.45, 7) is 5.30. The van der Waals surface area contributed by atoms with Gasteiger partial charge in [-0.05, 0) is 37.6 Å². The smallest absolute Gasteiger partial charge is 0.270 e. The van der Waals surface area contributed by atoms with Crippen molar-refractivity contribution in [2.45, 2.75) is 32.4 Å². The zero-order valence-corrected chi connectivity index (χ0v) is 13.4. The molecule has 2 unspecified atom stereocenters. The summed E-state index contributed by atoms with van der Waals surface area (Å²) in [7, 11) is 0. The largest absolute Gasteiger partial charge is 0.467 e. The number of H-pyrrole nitrogens is 1. The van der Waals surface area contributed by atoms with Gasteiger partial charge in [0.1, 0.15) is 17.6 Å². The number of rotatable bonds is 4. The lowest BCUT2D eigenvalue weighted by Crippen LogP contribution is -2.49. The van der Waals surface area contributed by atoms with Gasteiger partial charge in [-0.1, -0.05) is 0 Å². The van der Waals surface area contributed by atoms with Gasteiger partial charge in [0.05, 0.1) is 25.5 Å². The molecule has 0 spiro atoms. The minimum absolute atomic E-state index is 0.0458. The van der Waals surface area contributed by atoms with E-state index in [9.17, 15) is 9.90 Å². The molecule has 2 N–H and O–H groups in total. The molecule has 124 valence electrons. The summed E-state index contributed by atoms with van der Waals surface area (Å²) < 4.78 is 10.7. The molecule has 23 heavy (non-hydrogen) atoms. The third kappa shape index (κ3) is 3.33. The van der Waals surface area contributed by atoms with E-state index in [1.807, 2.05) is 19.9 Å². The predicted molar refractivity (Wildman–Crippen MR) is 84.2 cm³/mol. The number of carbonyl (C=O) groups is 1. The van der Waals surface area contributed by atoms with E-state index in [0.717, 1.165) is 11.3 Å². The number of nitrogens with one attached hydrogen (secondary N) is 1. The van der Waals surface area contributed by atoms with Crippen LogP contribution in [0.2, 0.25) is 0 Å². The van der Waals surface area contributed by atoms with E-state index in [2.05, 4.69) is 4.98 Å². The minimum Gasteiger partial charge on any atom is -0.467 e. The van der Waals surface area contributed by atoms with Crippen molar-refractivity contribution in [3.8, 4) is 0 Å². The number of furan rings is 1. The number of amides is 1. The Labute approximate surface area is 135 Å². The summed E-state index contributed by atoms with van der Waals surface area (Å²) in [4.78, 5) is 17.8. The van der Waals surface area contributed by atoms with Crippen LogP contribution in [-0.2, 0) is 4.74 Å². The van der Waals surface area contributed by atoms with Crippen LogP contribution in [-0.4, -0.2) is 46.7 Å². The van der Waals surface area contributed by atoms with Crippen molar-refractivity contribution < 1.29 is 19.1 Å². The third-order valence-corrected chi connectivity index (χ3v) is 4.22. The van der Waals surface area contributed by atoms with Crippen LogP contribution in [0.15, 0.2) is 28.9 Å². The zero-order chi connectivity index (χ0) is 16.4. The number of ether oxygens (including phenoxy) is 1. The normalized spacial score (nSPS) is 19.8. The maximum absolute atomic E-state index is 12.8. The highest BCUT2D eigenvalue weighted by Crippen LogP contribution is 2.24. The third-order valence-electron chi connectivity index (χ3n) is 4.22. The van der Waals surface area contributed by atoms with Crippen LogP contribution in [0, 0.1) is 13.8 Å². The first-order chi connectivity index (χ1) is 11.1. The maximum Gasteiger partial charge on any atom is 0.270 e. The number of aliphatic hydroxyl groups is 1. The van der Waals surface area contributed by atoms with Crippen LogP contribution >= 0.6 is 0 Å². The SMILES string of the molecule is Cc1cc(C)c(C(=O)N2CCOCC2CC(O)c2ccco2)[nH]1. The summed E-state index contributed by atoms with van der Waals surface area (Å²) in [5.74, 6) is 0.463. The molecule has 0 radical (unpaired) electrons. The molecule has 2 aromatic rings. The second-order valence-corrected chi connectivity index (χ2v) is 6.00. The Bertz CT molecular complexity index is 662. The summed E-state index contributed by atoms with van der Waals surface area (Å²) in [5.41, 5.74) is 2.51. The van der Waals surface area contributed by atoms with Gasteiger partial charge in [0.15, 0.2) is 0 Å². The van der Waals surface area contributed by atoms with Gasteiger partial charge in [-0.15, -0.1) is 0 Å². The van der Waals surface area contributed by atoms with Crippen LogP contribution in [0.5, 0.6) is 0 Å². The fourth-order valence-corrected chi connectivity index (χ4v) is 3.07. The average molecular weight is 318 g/mol. The lowest BCUT2D eigenvalue weighted by molar-refractivity contribution is -0.0198. The number of aromatic nitrogens is 1. The Morgan fingerprint density at radius 1 is 1.52 bits per heavy atom. The van der Waals surface area contributed by atoms with E-state index in [1.54, 1.807) is 17.0 Å². The lowest BCUT2D eigenvalue weighted by Gasteiger charge is -2.36. The molecule has 0 saturated carbocycles. The van der Waals surface area contributed by atoms with E-state index < -0.39 is 6.10 Å². The zero-order valence-electron chi connectivity index (χ0n) is 13.4. The Morgan fingerprint density at radius 2 is 2.35 bits per heavy atom. The van der Waals surface area contributed by atoms with Gasteiger partial charge in [0.2, 0.25) is 0 Å². The molecule has 2 aromatic heterocycles. The number of aromatic amines is 1. The van der Waals surface area contributed by atoms with Crippen molar-refractivity contribution in [1.29, 1.82) is 0 Å². The molecule has 3 heterocycles. The van der Waals surface area contributed by atoms with Crippen LogP contribution in [0.25, 0.3) is 0 Å². The van der Waals surface area contributed by atoms with E-state index in [1.165, 1.54) is 6.26 Å². The molecule has 2 atom stereocenters. The number of hydrogen-bond donors (Lipinski definition) is 2. The first kappa shape index (κ1) is 15.8.